The Labute approximate surface area is 130 Å². The maximum Gasteiger partial charge on any atom is 0.261 e. The first kappa shape index (κ1) is 15.2. The molecule has 0 unspecified atom stereocenters. The fourth-order valence-electron chi connectivity index (χ4n) is 3.20. The Morgan fingerprint density at radius 1 is 1.23 bits per heavy atom. The molecule has 3 N–H and O–H groups in total. The Balaban J connectivity index is 1.58. The number of rotatable bonds is 4. The smallest absolute Gasteiger partial charge is 0.261 e. The molecule has 1 aromatic rings. The van der Waals surface area contributed by atoms with Gasteiger partial charge in [0.15, 0.2) is 0 Å². The summed E-state index contributed by atoms with van der Waals surface area (Å²) in [5.41, 5.74) is 2.12. The van der Waals surface area contributed by atoms with Crippen LogP contribution in [0.25, 0.3) is 0 Å². The molecule has 120 valence electrons. The van der Waals surface area contributed by atoms with E-state index in [9.17, 15) is 9.59 Å². The van der Waals surface area contributed by atoms with E-state index in [0.717, 1.165) is 69.7 Å². The van der Waals surface area contributed by atoms with Gasteiger partial charge in [0.1, 0.15) is 5.56 Å². The van der Waals surface area contributed by atoms with Crippen LogP contribution in [-0.2, 0) is 12.8 Å². The summed E-state index contributed by atoms with van der Waals surface area (Å²) in [7, 11) is 0. The molecule has 6 heteroatoms. The number of hydrogen-bond acceptors (Lipinski definition) is 4. The third kappa shape index (κ3) is 3.56. The van der Waals surface area contributed by atoms with Gasteiger partial charge >= 0.3 is 0 Å². The van der Waals surface area contributed by atoms with Crippen molar-refractivity contribution in [3.8, 4) is 0 Å². The van der Waals surface area contributed by atoms with E-state index >= 15 is 0 Å². The third-order valence-electron chi connectivity index (χ3n) is 4.51. The van der Waals surface area contributed by atoms with Crippen molar-refractivity contribution in [3.63, 3.8) is 0 Å². The van der Waals surface area contributed by atoms with Crippen LogP contribution in [0.5, 0.6) is 0 Å². The normalized spacial score (nSPS) is 18.7. The lowest BCUT2D eigenvalue weighted by Crippen LogP contribution is -2.46. The van der Waals surface area contributed by atoms with E-state index in [1.54, 1.807) is 6.07 Å². The predicted molar refractivity (Wildman–Crippen MR) is 85.3 cm³/mol. The van der Waals surface area contributed by atoms with Gasteiger partial charge < -0.3 is 15.6 Å². The molecule has 1 amide bonds. The van der Waals surface area contributed by atoms with Gasteiger partial charge in [-0.05, 0) is 37.3 Å². The molecule has 0 saturated carbocycles. The fraction of sp³-hybridized carbons (Fsp3) is 0.625. The van der Waals surface area contributed by atoms with Crippen LogP contribution in [0.3, 0.4) is 0 Å². The second-order valence-corrected chi connectivity index (χ2v) is 6.07. The number of carbonyl (C=O) groups is 1. The molecular formula is C16H24N4O2. The van der Waals surface area contributed by atoms with E-state index in [1.807, 2.05) is 0 Å². The minimum Gasteiger partial charge on any atom is -0.351 e. The number of aromatic amines is 1. The third-order valence-corrected chi connectivity index (χ3v) is 4.51. The van der Waals surface area contributed by atoms with E-state index in [2.05, 4.69) is 20.5 Å². The van der Waals surface area contributed by atoms with Gasteiger partial charge in [-0.3, -0.25) is 14.5 Å². The van der Waals surface area contributed by atoms with Crippen molar-refractivity contribution in [3.05, 3.63) is 33.2 Å². The quantitative estimate of drug-likeness (QED) is 0.725. The number of hydrogen-bond donors (Lipinski definition) is 3. The molecule has 1 fully saturated rings. The van der Waals surface area contributed by atoms with Crippen LogP contribution in [-0.4, -0.2) is 55.1 Å². The minimum absolute atomic E-state index is 0.251. The molecular weight excluding hydrogens is 280 g/mol. The molecule has 0 radical (unpaired) electrons. The highest BCUT2D eigenvalue weighted by Crippen LogP contribution is 2.18. The summed E-state index contributed by atoms with van der Waals surface area (Å²) in [6, 6.07) is 1.79. The molecule has 0 bridgehead atoms. The van der Waals surface area contributed by atoms with Gasteiger partial charge in [0, 0.05) is 45.0 Å². The number of aromatic nitrogens is 1. The van der Waals surface area contributed by atoms with Gasteiger partial charge in [0.25, 0.3) is 11.5 Å². The number of nitrogens with zero attached hydrogens (tertiary/aromatic N) is 1. The van der Waals surface area contributed by atoms with Crippen molar-refractivity contribution >= 4 is 5.91 Å². The number of fused-ring (bicyclic) bond motifs is 1. The van der Waals surface area contributed by atoms with E-state index < -0.39 is 0 Å². The zero-order valence-corrected chi connectivity index (χ0v) is 12.9. The second kappa shape index (κ2) is 7.07. The summed E-state index contributed by atoms with van der Waals surface area (Å²) in [4.78, 5) is 29.5. The highest BCUT2D eigenvalue weighted by molar-refractivity contribution is 5.94. The van der Waals surface area contributed by atoms with E-state index in [1.165, 1.54) is 0 Å². The number of nitrogens with one attached hydrogen (secondary N) is 3. The highest BCUT2D eigenvalue weighted by Gasteiger charge is 2.17. The Bertz CT molecular complexity index is 590. The van der Waals surface area contributed by atoms with Crippen LogP contribution in [0.1, 0.15) is 34.5 Å². The van der Waals surface area contributed by atoms with Crippen LogP contribution in [0.4, 0.5) is 0 Å². The second-order valence-electron chi connectivity index (χ2n) is 6.07. The highest BCUT2D eigenvalue weighted by atomic mass is 16.2. The molecule has 0 spiro atoms. The van der Waals surface area contributed by atoms with Gasteiger partial charge in [-0.1, -0.05) is 0 Å². The molecule has 6 nitrogen and oxygen atoms in total. The monoisotopic (exact) mass is 304 g/mol. The topological polar surface area (TPSA) is 77.2 Å². The van der Waals surface area contributed by atoms with Gasteiger partial charge in [-0.15, -0.1) is 0 Å². The Kier molecular flexibility index (Phi) is 4.90. The summed E-state index contributed by atoms with van der Waals surface area (Å²) in [5, 5.41) is 6.17. The average molecular weight is 304 g/mol. The van der Waals surface area contributed by atoms with Gasteiger partial charge in [0.2, 0.25) is 0 Å². The molecule has 0 atom stereocenters. The van der Waals surface area contributed by atoms with Crippen LogP contribution >= 0.6 is 0 Å². The van der Waals surface area contributed by atoms with Crippen molar-refractivity contribution in [2.24, 2.45) is 0 Å². The zero-order chi connectivity index (χ0) is 15.4. The fourth-order valence-corrected chi connectivity index (χ4v) is 3.20. The number of aryl methyl sites for hydroxylation is 2. The molecule has 1 aromatic heterocycles. The van der Waals surface area contributed by atoms with Gasteiger partial charge in [-0.25, -0.2) is 0 Å². The molecule has 1 saturated heterocycles. The molecule has 1 aliphatic heterocycles. The number of carbonyl (C=O) groups excluding carboxylic acids is 1. The minimum atomic E-state index is -0.264. The first-order valence-electron chi connectivity index (χ1n) is 8.20. The number of H-pyrrole nitrogens is 1. The lowest BCUT2D eigenvalue weighted by molar-refractivity contribution is 0.0945. The summed E-state index contributed by atoms with van der Waals surface area (Å²) >= 11 is 0. The molecule has 3 rings (SSSR count). The van der Waals surface area contributed by atoms with E-state index in [-0.39, 0.29) is 17.0 Å². The van der Waals surface area contributed by atoms with Crippen LogP contribution < -0.4 is 16.2 Å². The first-order valence-corrected chi connectivity index (χ1v) is 8.20. The SMILES string of the molecule is O=C(NCCN1CCNCC1)c1cc2c([nH]c1=O)CCCC2. The van der Waals surface area contributed by atoms with E-state index in [4.69, 9.17) is 0 Å². The first-order chi connectivity index (χ1) is 10.7. The largest absolute Gasteiger partial charge is 0.351 e. The summed E-state index contributed by atoms with van der Waals surface area (Å²) in [6.45, 7) is 5.42. The van der Waals surface area contributed by atoms with Crippen molar-refractivity contribution in [2.75, 3.05) is 39.3 Å². The zero-order valence-electron chi connectivity index (χ0n) is 12.9. The summed E-state index contributed by atoms with van der Waals surface area (Å²) in [5.74, 6) is -0.259. The maximum atomic E-state index is 12.2. The lowest BCUT2D eigenvalue weighted by atomic mass is 9.95. The van der Waals surface area contributed by atoms with Crippen molar-refractivity contribution in [2.45, 2.75) is 25.7 Å². The van der Waals surface area contributed by atoms with Gasteiger partial charge in [-0.2, -0.15) is 0 Å². The molecule has 2 aliphatic rings. The van der Waals surface area contributed by atoms with Crippen molar-refractivity contribution in [1.29, 1.82) is 0 Å². The number of piperazine rings is 1. The van der Waals surface area contributed by atoms with Crippen LogP contribution in [0.2, 0.25) is 0 Å². The number of pyridine rings is 1. The van der Waals surface area contributed by atoms with Crippen molar-refractivity contribution < 1.29 is 4.79 Å². The maximum absolute atomic E-state index is 12.2. The summed E-state index contributed by atoms with van der Waals surface area (Å²) in [6.07, 6.45) is 4.10. The van der Waals surface area contributed by atoms with Crippen LogP contribution in [0.15, 0.2) is 10.9 Å². The van der Waals surface area contributed by atoms with Crippen molar-refractivity contribution in [1.82, 2.24) is 20.5 Å². The summed E-state index contributed by atoms with van der Waals surface area (Å²) < 4.78 is 0. The standard InChI is InChI=1S/C16H24N4O2/c21-15(18-7-10-20-8-5-17-6-9-20)13-11-12-3-1-2-4-14(12)19-16(13)22/h11,17H,1-10H2,(H,18,21)(H,19,22). The Morgan fingerprint density at radius 3 is 2.82 bits per heavy atom. The molecule has 1 aliphatic carbocycles. The lowest BCUT2D eigenvalue weighted by Gasteiger charge is -2.27. The van der Waals surface area contributed by atoms with Gasteiger partial charge in [0.05, 0.1) is 0 Å². The molecule has 2 heterocycles. The Hall–Kier alpha value is -1.66. The molecule has 0 aromatic carbocycles. The Morgan fingerprint density at radius 2 is 2.00 bits per heavy atom. The molecule has 22 heavy (non-hydrogen) atoms. The average Bonchev–Trinajstić information content (AvgIpc) is 2.55. The predicted octanol–water partition coefficient (Wildman–Crippen LogP) is -0.111. The van der Waals surface area contributed by atoms with E-state index in [0.29, 0.717) is 6.54 Å². The van der Waals surface area contributed by atoms with Crippen LogP contribution in [0, 0.1) is 0 Å². The number of amides is 1.